The molecule has 1 unspecified atom stereocenters. The predicted molar refractivity (Wildman–Crippen MR) is 93.1 cm³/mol. The SMILES string of the molecule is Cc1cccc(C)c1N1CC(COC(=O)c2ccccc2)CC1=O. The summed E-state index contributed by atoms with van der Waals surface area (Å²) in [6.45, 7) is 4.88. The summed E-state index contributed by atoms with van der Waals surface area (Å²) in [5.74, 6) is -0.217. The van der Waals surface area contributed by atoms with Crippen LogP contribution in [-0.2, 0) is 9.53 Å². The molecule has 0 N–H and O–H groups in total. The number of para-hydroxylation sites is 1. The number of aryl methyl sites for hydroxylation is 2. The van der Waals surface area contributed by atoms with Gasteiger partial charge in [-0.1, -0.05) is 36.4 Å². The van der Waals surface area contributed by atoms with E-state index in [9.17, 15) is 9.59 Å². The second-order valence-corrected chi connectivity index (χ2v) is 6.28. The Hall–Kier alpha value is -2.62. The number of hydrogen-bond donors (Lipinski definition) is 0. The van der Waals surface area contributed by atoms with Crippen molar-refractivity contribution in [3.8, 4) is 0 Å². The van der Waals surface area contributed by atoms with E-state index in [0.717, 1.165) is 16.8 Å². The molecule has 2 aromatic rings. The van der Waals surface area contributed by atoms with Crippen LogP contribution in [0.1, 0.15) is 27.9 Å². The summed E-state index contributed by atoms with van der Waals surface area (Å²) >= 11 is 0. The number of rotatable bonds is 4. The van der Waals surface area contributed by atoms with Gasteiger partial charge in [0.2, 0.25) is 5.91 Å². The van der Waals surface area contributed by atoms with Crippen LogP contribution in [0.4, 0.5) is 5.69 Å². The van der Waals surface area contributed by atoms with Gasteiger partial charge in [0, 0.05) is 24.6 Å². The fraction of sp³-hybridized carbons (Fsp3) is 0.300. The van der Waals surface area contributed by atoms with E-state index < -0.39 is 0 Å². The van der Waals surface area contributed by atoms with E-state index in [4.69, 9.17) is 4.74 Å². The summed E-state index contributed by atoms with van der Waals surface area (Å²) in [5, 5.41) is 0. The molecule has 0 aromatic heterocycles. The van der Waals surface area contributed by atoms with E-state index in [0.29, 0.717) is 18.5 Å². The molecule has 3 rings (SSSR count). The number of hydrogen-bond acceptors (Lipinski definition) is 3. The average molecular weight is 323 g/mol. The molecule has 1 saturated heterocycles. The third kappa shape index (κ3) is 3.32. The van der Waals surface area contributed by atoms with Crippen LogP contribution >= 0.6 is 0 Å². The molecule has 4 nitrogen and oxygen atoms in total. The Morgan fingerprint density at radius 3 is 2.42 bits per heavy atom. The van der Waals surface area contributed by atoms with Crippen molar-refractivity contribution in [1.29, 1.82) is 0 Å². The molecule has 1 aliphatic heterocycles. The zero-order chi connectivity index (χ0) is 17.1. The highest BCUT2D eigenvalue weighted by molar-refractivity contribution is 5.97. The van der Waals surface area contributed by atoms with Gasteiger partial charge in [-0.25, -0.2) is 4.79 Å². The molecule has 2 aromatic carbocycles. The van der Waals surface area contributed by atoms with Gasteiger partial charge in [0.15, 0.2) is 0 Å². The first-order chi connectivity index (χ1) is 11.6. The van der Waals surface area contributed by atoms with Crippen molar-refractivity contribution in [2.24, 2.45) is 5.92 Å². The van der Waals surface area contributed by atoms with E-state index in [-0.39, 0.29) is 24.4 Å². The Balaban J connectivity index is 1.64. The summed E-state index contributed by atoms with van der Waals surface area (Å²) < 4.78 is 5.39. The number of nitrogens with zero attached hydrogens (tertiary/aromatic N) is 1. The predicted octanol–water partition coefficient (Wildman–Crippen LogP) is 3.51. The third-order valence-corrected chi connectivity index (χ3v) is 4.37. The van der Waals surface area contributed by atoms with Gasteiger partial charge < -0.3 is 9.64 Å². The first kappa shape index (κ1) is 16.2. The Kier molecular flexibility index (Phi) is 4.65. The molecule has 0 saturated carbocycles. The van der Waals surface area contributed by atoms with Crippen molar-refractivity contribution >= 4 is 17.6 Å². The van der Waals surface area contributed by atoms with Crippen molar-refractivity contribution in [2.75, 3.05) is 18.1 Å². The van der Waals surface area contributed by atoms with E-state index in [1.807, 2.05) is 43.0 Å². The normalized spacial score (nSPS) is 17.2. The van der Waals surface area contributed by atoms with Crippen molar-refractivity contribution in [3.05, 3.63) is 65.2 Å². The smallest absolute Gasteiger partial charge is 0.338 e. The lowest BCUT2D eigenvalue weighted by Crippen LogP contribution is -2.26. The molecule has 124 valence electrons. The Morgan fingerprint density at radius 1 is 1.08 bits per heavy atom. The minimum atomic E-state index is -0.339. The molecular weight excluding hydrogens is 302 g/mol. The lowest BCUT2D eigenvalue weighted by Gasteiger charge is -2.21. The minimum Gasteiger partial charge on any atom is -0.462 e. The topological polar surface area (TPSA) is 46.6 Å². The quantitative estimate of drug-likeness (QED) is 0.809. The van der Waals surface area contributed by atoms with Crippen LogP contribution in [0.5, 0.6) is 0 Å². The second-order valence-electron chi connectivity index (χ2n) is 6.28. The van der Waals surface area contributed by atoms with E-state index in [2.05, 4.69) is 0 Å². The number of benzene rings is 2. The van der Waals surface area contributed by atoms with Gasteiger partial charge >= 0.3 is 5.97 Å². The molecule has 0 bridgehead atoms. The summed E-state index contributed by atoms with van der Waals surface area (Å²) in [6.07, 6.45) is 0.413. The maximum atomic E-state index is 12.4. The third-order valence-electron chi connectivity index (χ3n) is 4.37. The van der Waals surface area contributed by atoms with Crippen LogP contribution in [0.2, 0.25) is 0 Å². The Bertz CT molecular complexity index is 734. The summed E-state index contributed by atoms with van der Waals surface area (Å²) in [4.78, 5) is 26.2. The monoisotopic (exact) mass is 323 g/mol. The molecule has 24 heavy (non-hydrogen) atoms. The van der Waals surface area contributed by atoms with E-state index >= 15 is 0 Å². The fourth-order valence-corrected chi connectivity index (χ4v) is 3.19. The molecule has 0 radical (unpaired) electrons. The molecule has 1 amide bonds. The number of anilines is 1. The molecule has 1 aliphatic rings. The van der Waals surface area contributed by atoms with Gasteiger partial charge in [-0.2, -0.15) is 0 Å². The van der Waals surface area contributed by atoms with Crippen molar-refractivity contribution < 1.29 is 14.3 Å². The van der Waals surface area contributed by atoms with Gasteiger partial charge in [0.25, 0.3) is 0 Å². The Morgan fingerprint density at radius 2 is 1.75 bits per heavy atom. The van der Waals surface area contributed by atoms with Gasteiger partial charge in [0.1, 0.15) is 0 Å². The van der Waals surface area contributed by atoms with Crippen LogP contribution in [-0.4, -0.2) is 25.0 Å². The van der Waals surface area contributed by atoms with Crippen molar-refractivity contribution in [2.45, 2.75) is 20.3 Å². The molecule has 1 atom stereocenters. The van der Waals surface area contributed by atoms with Crippen molar-refractivity contribution in [1.82, 2.24) is 0 Å². The van der Waals surface area contributed by atoms with Crippen molar-refractivity contribution in [3.63, 3.8) is 0 Å². The zero-order valence-electron chi connectivity index (χ0n) is 14.0. The van der Waals surface area contributed by atoms with Crippen LogP contribution in [0.25, 0.3) is 0 Å². The molecule has 0 spiro atoms. The average Bonchev–Trinajstić information content (AvgIpc) is 2.94. The molecule has 1 heterocycles. The lowest BCUT2D eigenvalue weighted by molar-refractivity contribution is -0.117. The highest BCUT2D eigenvalue weighted by atomic mass is 16.5. The van der Waals surface area contributed by atoms with Crippen LogP contribution in [0.15, 0.2) is 48.5 Å². The number of ether oxygens (including phenoxy) is 1. The van der Waals surface area contributed by atoms with Gasteiger partial charge in [-0.05, 0) is 37.1 Å². The largest absolute Gasteiger partial charge is 0.462 e. The van der Waals surface area contributed by atoms with Crippen LogP contribution < -0.4 is 4.90 Å². The second kappa shape index (κ2) is 6.87. The van der Waals surface area contributed by atoms with Gasteiger partial charge in [0.05, 0.1) is 12.2 Å². The maximum Gasteiger partial charge on any atom is 0.338 e. The molecule has 0 aliphatic carbocycles. The highest BCUT2D eigenvalue weighted by Gasteiger charge is 2.32. The lowest BCUT2D eigenvalue weighted by atomic mass is 10.1. The molecule has 4 heteroatoms. The zero-order valence-corrected chi connectivity index (χ0v) is 14.0. The minimum absolute atomic E-state index is 0.0316. The van der Waals surface area contributed by atoms with E-state index in [1.165, 1.54) is 0 Å². The summed E-state index contributed by atoms with van der Waals surface area (Å²) in [6, 6.07) is 14.9. The molecule has 1 fully saturated rings. The number of carbonyl (C=O) groups excluding carboxylic acids is 2. The van der Waals surface area contributed by atoms with Gasteiger partial charge in [-0.3, -0.25) is 4.79 Å². The number of carbonyl (C=O) groups is 2. The molecular formula is C20H21NO3. The fourth-order valence-electron chi connectivity index (χ4n) is 3.19. The van der Waals surface area contributed by atoms with Gasteiger partial charge in [-0.15, -0.1) is 0 Å². The first-order valence-corrected chi connectivity index (χ1v) is 8.15. The highest BCUT2D eigenvalue weighted by Crippen LogP contribution is 2.30. The number of amides is 1. The first-order valence-electron chi connectivity index (χ1n) is 8.15. The van der Waals surface area contributed by atoms with E-state index in [1.54, 1.807) is 24.3 Å². The van der Waals surface area contributed by atoms with Crippen LogP contribution in [0.3, 0.4) is 0 Å². The Labute approximate surface area is 142 Å². The standard InChI is InChI=1S/C20H21NO3/c1-14-7-6-8-15(2)19(14)21-12-16(11-18(21)22)13-24-20(23)17-9-4-3-5-10-17/h3-10,16H,11-13H2,1-2H3. The maximum absolute atomic E-state index is 12.4. The summed E-state index contributed by atoms with van der Waals surface area (Å²) in [5.41, 5.74) is 3.70. The number of esters is 1. The summed E-state index contributed by atoms with van der Waals surface area (Å²) in [7, 11) is 0. The van der Waals surface area contributed by atoms with Crippen LogP contribution in [0, 0.1) is 19.8 Å².